The van der Waals surface area contributed by atoms with Gasteiger partial charge in [-0.2, -0.15) is 5.26 Å². The zero-order chi connectivity index (χ0) is 18.7. The first-order valence-corrected chi connectivity index (χ1v) is 8.31. The average molecular weight is 346 g/mol. The number of anilines is 1. The quantitative estimate of drug-likeness (QED) is 0.755. The van der Waals surface area contributed by atoms with Crippen molar-refractivity contribution in [2.24, 2.45) is 0 Å². The van der Waals surface area contributed by atoms with E-state index in [-0.39, 0.29) is 5.75 Å². The van der Waals surface area contributed by atoms with Crippen LogP contribution in [0.2, 0.25) is 0 Å². The molecule has 0 fully saturated rings. The summed E-state index contributed by atoms with van der Waals surface area (Å²) in [7, 11) is 1.49. The van der Waals surface area contributed by atoms with Crippen LogP contribution in [-0.4, -0.2) is 12.2 Å². The van der Waals surface area contributed by atoms with E-state index in [0.29, 0.717) is 23.6 Å². The maximum absolute atomic E-state index is 9.90. The molecule has 1 heterocycles. The van der Waals surface area contributed by atoms with Gasteiger partial charge in [-0.25, -0.2) is 4.98 Å². The fourth-order valence-corrected chi connectivity index (χ4v) is 3.16. The van der Waals surface area contributed by atoms with Crippen LogP contribution in [0.4, 0.5) is 5.82 Å². The highest BCUT2D eigenvalue weighted by molar-refractivity contribution is 5.83. The smallest absolute Gasteiger partial charge is 0.289 e. The number of rotatable bonds is 4. The average Bonchev–Trinajstić information content (AvgIpc) is 2.68. The molecule has 3 aromatic rings. The van der Waals surface area contributed by atoms with Crippen LogP contribution in [0, 0.1) is 11.3 Å². The third-order valence-corrected chi connectivity index (χ3v) is 4.38. The number of phenolic OH excluding ortho intramolecular Hbond substituents is 1. The predicted octanol–water partition coefficient (Wildman–Crippen LogP) is 3.57. The van der Waals surface area contributed by atoms with Crippen molar-refractivity contribution >= 4 is 5.82 Å². The highest BCUT2D eigenvalue weighted by Crippen LogP contribution is 2.38. The summed E-state index contributed by atoms with van der Waals surface area (Å²) < 4.78 is 5.23. The van der Waals surface area contributed by atoms with Crippen LogP contribution in [0.3, 0.4) is 0 Å². The molecule has 0 amide bonds. The summed E-state index contributed by atoms with van der Waals surface area (Å²) in [6.45, 7) is 2.04. The van der Waals surface area contributed by atoms with Gasteiger partial charge < -0.3 is 9.84 Å². The second-order valence-corrected chi connectivity index (χ2v) is 5.86. The fourth-order valence-electron chi connectivity index (χ4n) is 3.16. The van der Waals surface area contributed by atoms with Crippen LogP contribution in [0.15, 0.2) is 48.5 Å². The van der Waals surface area contributed by atoms with Crippen molar-refractivity contribution in [2.75, 3.05) is 12.8 Å². The van der Waals surface area contributed by atoms with Gasteiger partial charge >= 0.3 is 0 Å². The van der Waals surface area contributed by atoms with Gasteiger partial charge in [0, 0.05) is 16.7 Å². The Labute approximate surface area is 152 Å². The summed E-state index contributed by atoms with van der Waals surface area (Å²) in [5.41, 5.74) is 10.9. The molecule has 5 heteroatoms. The van der Waals surface area contributed by atoms with E-state index < -0.39 is 0 Å². The van der Waals surface area contributed by atoms with Gasteiger partial charge in [0.1, 0.15) is 17.3 Å². The lowest BCUT2D eigenvalue weighted by Gasteiger charge is -2.15. The van der Waals surface area contributed by atoms with E-state index in [9.17, 15) is 10.4 Å². The van der Waals surface area contributed by atoms with Crippen molar-refractivity contribution in [1.29, 1.82) is 5.26 Å². The third-order valence-electron chi connectivity index (χ3n) is 4.38. The van der Waals surface area contributed by atoms with E-state index in [4.69, 9.17) is 10.5 Å². The number of methoxy groups -OCH3 is 1. The summed E-state index contributed by atoms with van der Waals surface area (Å²) >= 11 is 0. The number of pyridine rings is 1. The first-order chi connectivity index (χ1) is 12.6. The highest BCUT2D eigenvalue weighted by Gasteiger charge is 2.23. The normalized spacial score (nSPS) is 10.3. The fraction of sp³-hybridized carbons (Fsp3) is 0.143. The van der Waals surface area contributed by atoms with E-state index in [0.717, 1.165) is 27.9 Å². The van der Waals surface area contributed by atoms with Crippen molar-refractivity contribution in [1.82, 2.24) is 0 Å². The number of hydrogen-bond donors (Lipinski definition) is 2. The first-order valence-electron chi connectivity index (χ1n) is 8.31. The van der Waals surface area contributed by atoms with E-state index in [1.165, 1.54) is 7.11 Å². The zero-order valence-electron chi connectivity index (χ0n) is 14.7. The Kier molecular flexibility index (Phi) is 4.76. The van der Waals surface area contributed by atoms with Crippen molar-refractivity contribution in [3.63, 3.8) is 0 Å². The number of phenols is 1. The number of aromatic nitrogens is 1. The van der Waals surface area contributed by atoms with Crippen molar-refractivity contribution in [3.05, 3.63) is 59.7 Å². The number of ether oxygens (including phenoxy) is 1. The minimum absolute atomic E-state index is 0.0477. The molecule has 26 heavy (non-hydrogen) atoms. The third kappa shape index (κ3) is 2.93. The topological polar surface area (TPSA) is 93.4 Å². The molecule has 1 aromatic heterocycles. The van der Waals surface area contributed by atoms with Crippen molar-refractivity contribution in [2.45, 2.75) is 13.3 Å². The molecule has 0 spiro atoms. The minimum Gasteiger partial charge on any atom is -0.504 e. The summed E-state index contributed by atoms with van der Waals surface area (Å²) in [5.74, 6) is 0.707. The summed E-state index contributed by atoms with van der Waals surface area (Å²) in [4.78, 5) is 3.19. The Balaban J connectivity index is 2.37. The zero-order valence-corrected chi connectivity index (χ0v) is 14.7. The number of H-pyrrole nitrogens is 1. The molecule has 3 rings (SSSR count). The van der Waals surface area contributed by atoms with Gasteiger partial charge in [-0.15, -0.1) is 0 Å². The number of nitriles is 1. The molecule has 0 saturated heterocycles. The first kappa shape index (κ1) is 17.3. The predicted molar refractivity (Wildman–Crippen MR) is 101 cm³/mol. The molecule has 4 N–H and O–H groups in total. The number of hydrogen-bond acceptors (Lipinski definition) is 4. The molecule has 0 aliphatic carbocycles. The monoisotopic (exact) mass is 346 g/mol. The molecular weight excluding hydrogens is 326 g/mol. The van der Waals surface area contributed by atoms with Crippen LogP contribution in [0.25, 0.3) is 22.4 Å². The van der Waals surface area contributed by atoms with E-state index >= 15 is 0 Å². The maximum atomic E-state index is 9.90. The lowest BCUT2D eigenvalue weighted by molar-refractivity contribution is -0.347. The Morgan fingerprint density at radius 3 is 2.50 bits per heavy atom. The molecule has 0 aliphatic rings. The van der Waals surface area contributed by atoms with E-state index in [1.807, 2.05) is 37.3 Å². The molecule has 0 saturated carbocycles. The summed E-state index contributed by atoms with van der Waals surface area (Å²) in [6, 6.07) is 17.1. The van der Waals surface area contributed by atoms with Crippen LogP contribution in [0.5, 0.6) is 11.5 Å². The molecular formula is C21H20N3O2+. The van der Waals surface area contributed by atoms with Gasteiger partial charge in [0.05, 0.1) is 7.11 Å². The molecule has 0 atom stereocenters. The van der Waals surface area contributed by atoms with E-state index in [2.05, 4.69) is 11.1 Å². The van der Waals surface area contributed by atoms with Crippen molar-refractivity contribution < 1.29 is 14.8 Å². The molecule has 130 valence electrons. The van der Waals surface area contributed by atoms with Crippen LogP contribution < -0.4 is 15.5 Å². The molecule has 0 unspecified atom stereocenters. The molecule has 2 aromatic carbocycles. The number of nitrogens with zero attached hydrogens (tertiary/aromatic N) is 1. The molecule has 5 nitrogen and oxygen atoms in total. The lowest BCUT2D eigenvalue weighted by atomic mass is 9.90. The summed E-state index contributed by atoms with van der Waals surface area (Å²) in [5, 5.41) is 19.6. The summed E-state index contributed by atoms with van der Waals surface area (Å²) in [6.07, 6.45) is 0.703. The lowest BCUT2D eigenvalue weighted by Crippen LogP contribution is -2.19. The molecule has 0 bridgehead atoms. The molecule has 0 radical (unpaired) electrons. The number of benzene rings is 2. The van der Waals surface area contributed by atoms with Gasteiger partial charge in [0.15, 0.2) is 11.5 Å². The van der Waals surface area contributed by atoms with Gasteiger partial charge in [-0.1, -0.05) is 43.3 Å². The van der Waals surface area contributed by atoms with E-state index in [1.54, 1.807) is 18.2 Å². The Bertz CT molecular complexity index is 992. The number of nitrogen functional groups attached to an aromatic ring is 1. The highest BCUT2D eigenvalue weighted by atomic mass is 16.5. The standard InChI is InChI=1S/C21H19N3O2/c1-3-15-19(14-9-10-17(25)18(11-14)26-2)16(12-22)21(23)24-20(15)13-7-5-4-6-8-13/h4-11,25H,3H2,1-2H3,(H2,23,24)/p+1. The number of aromatic hydroxyl groups is 1. The largest absolute Gasteiger partial charge is 0.504 e. The number of nitrogens with two attached hydrogens (primary N) is 1. The van der Waals surface area contributed by atoms with Crippen LogP contribution in [-0.2, 0) is 6.42 Å². The Morgan fingerprint density at radius 1 is 1.15 bits per heavy atom. The second kappa shape index (κ2) is 7.16. The van der Waals surface area contributed by atoms with Gasteiger partial charge in [-0.05, 0) is 24.1 Å². The Hall–Kier alpha value is -3.52. The Morgan fingerprint density at radius 2 is 1.88 bits per heavy atom. The molecule has 0 aliphatic heterocycles. The SMILES string of the molecule is CCc1c(-c2ccccc2)[nH+]c(N)c(C#N)c1-c1ccc(O)c(OC)c1. The van der Waals surface area contributed by atoms with Gasteiger partial charge in [-0.3, -0.25) is 5.73 Å². The van der Waals surface area contributed by atoms with Crippen LogP contribution >= 0.6 is 0 Å². The second-order valence-electron chi connectivity index (χ2n) is 5.86. The van der Waals surface area contributed by atoms with Gasteiger partial charge in [0.25, 0.3) is 5.82 Å². The van der Waals surface area contributed by atoms with Gasteiger partial charge in [0.2, 0.25) is 0 Å². The maximum Gasteiger partial charge on any atom is 0.289 e. The van der Waals surface area contributed by atoms with Crippen LogP contribution in [0.1, 0.15) is 18.1 Å². The van der Waals surface area contributed by atoms with Crippen molar-refractivity contribution in [3.8, 4) is 40.0 Å². The number of aromatic amines is 1. The number of nitrogens with one attached hydrogen (secondary N) is 1. The minimum atomic E-state index is 0.0477.